The van der Waals surface area contributed by atoms with Crippen LogP contribution < -0.4 is 4.72 Å². The lowest BCUT2D eigenvalue weighted by Crippen LogP contribution is -2.46. The van der Waals surface area contributed by atoms with Crippen molar-refractivity contribution in [2.45, 2.75) is 25.8 Å². The van der Waals surface area contributed by atoms with Crippen LogP contribution in [0.25, 0.3) is 0 Å². The van der Waals surface area contributed by atoms with Gasteiger partial charge in [0.2, 0.25) is 10.0 Å². The molecule has 0 radical (unpaired) electrons. The number of hydrogen-bond donors (Lipinski definition) is 1. The van der Waals surface area contributed by atoms with Gasteiger partial charge in [-0.25, -0.2) is 17.5 Å². The third kappa shape index (κ3) is 4.01. The van der Waals surface area contributed by atoms with Crippen molar-refractivity contribution in [2.75, 3.05) is 19.3 Å². The highest BCUT2D eigenvalue weighted by atomic mass is 32.2. The molecule has 0 unspecified atom stereocenters. The van der Waals surface area contributed by atoms with E-state index < -0.39 is 15.8 Å². The number of likely N-dealkylation sites (tertiary alicyclic amines) is 1. The molecule has 1 fully saturated rings. The zero-order chi connectivity index (χ0) is 15.6. The van der Waals surface area contributed by atoms with Gasteiger partial charge in [-0.2, -0.15) is 0 Å². The molecule has 0 spiro atoms. The Kier molecular flexibility index (Phi) is 4.63. The normalized spacial score (nSPS) is 17.0. The number of amides is 1. The van der Waals surface area contributed by atoms with Gasteiger partial charge >= 0.3 is 0 Å². The summed E-state index contributed by atoms with van der Waals surface area (Å²) >= 11 is 0. The number of carbonyl (C=O) groups is 1. The SMILES string of the molecule is Cc1cccc(C(=O)N2CCC(NS(C)(=O)=O)CC2)c1F. The third-order valence-corrected chi connectivity index (χ3v) is 4.35. The van der Waals surface area contributed by atoms with Crippen LogP contribution in [0.3, 0.4) is 0 Å². The third-order valence-electron chi connectivity index (χ3n) is 3.59. The zero-order valence-corrected chi connectivity index (χ0v) is 12.9. The standard InChI is InChI=1S/C14H19FN2O3S/c1-10-4-3-5-12(13(10)15)14(18)17-8-6-11(7-9-17)16-21(2,19)20/h3-5,11,16H,6-9H2,1-2H3. The molecule has 0 bridgehead atoms. The molecule has 2 rings (SSSR count). The maximum Gasteiger partial charge on any atom is 0.256 e. The first-order chi connectivity index (χ1) is 9.78. The number of benzene rings is 1. The first-order valence-electron chi connectivity index (χ1n) is 6.79. The van der Waals surface area contributed by atoms with Gasteiger partial charge in [0, 0.05) is 19.1 Å². The minimum Gasteiger partial charge on any atom is -0.338 e. The number of nitrogens with zero attached hydrogens (tertiary/aromatic N) is 1. The van der Waals surface area contributed by atoms with Crippen molar-refractivity contribution in [1.82, 2.24) is 9.62 Å². The molecular formula is C14H19FN2O3S. The Morgan fingerprint density at radius 2 is 1.95 bits per heavy atom. The Bertz CT molecular complexity index is 638. The zero-order valence-electron chi connectivity index (χ0n) is 12.1. The summed E-state index contributed by atoms with van der Waals surface area (Å²) in [5.41, 5.74) is 0.513. The van der Waals surface area contributed by atoms with Gasteiger partial charge in [-0.05, 0) is 31.4 Å². The minimum absolute atomic E-state index is 0.0736. The van der Waals surface area contributed by atoms with Crippen LogP contribution in [0.5, 0.6) is 0 Å². The minimum atomic E-state index is -3.24. The Balaban J connectivity index is 2.02. The second-order valence-electron chi connectivity index (χ2n) is 5.39. The quantitative estimate of drug-likeness (QED) is 0.914. The molecule has 1 aliphatic heterocycles. The summed E-state index contributed by atoms with van der Waals surface area (Å²) in [5, 5.41) is 0. The summed E-state index contributed by atoms with van der Waals surface area (Å²) in [6.07, 6.45) is 2.19. The van der Waals surface area contributed by atoms with Gasteiger partial charge in [0.15, 0.2) is 0 Å². The number of rotatable bonds is 3. The molecule has 1 saturated heterocycles. The molecule has 116 valence electrons. The van der Waals surface area contributed by atoms with E-state index in [-0.39, 0.29) is 17.5 Å². The van der Waals surface area contributed by atoms with Gasteiger partial charge in [-0.15, -0.1) is 0 Å². The van der Waals surface area contributed by atoms with Crippen molar-refractivity contribution < 1.29 is 17.6 Å². The van der Waals surface area contributed by atoms with Crippen LogP contribution in [0.15, 0.2) is 18.2 Å². The van der Waals surface area contributed by atoms with E-state index >= 15 is 0 Å². The van der Waals surface area contributed by atoms with Crippen molar-refractivity contribution in [2.24, 2.45) is 0 Å². The van der Waals surface area contributed by atoms with E-state index in [4.69, 9.17) is 0 Å². The van der Waals surface area contributed by atoms with E-state index in [9.17, 15) is 17.6 Å². The van der Waals surface area contributed by atoms with E-state index in [1.165, 1.54) is 6.07 Å². The number of nitrogens with one attached hydrogen (secondary N) is 1. The van der Waals surface area contributed by atoms with Gasteiger partial charge in [0.25, 0.3) is 5.91 Å². The molecule has 0 atom stereocenters. The van der Waals surface area contributed by atoms with Gasteiger partial charge in [0.05, 0.1) is 11.8 Å². The average Bonchev–Trinajstić information content (AvgIpc) is 2.40. The Morgan fingerprint density at radius 3 is 2.52 bits per heavy atom. The van der Waals surface area contributed by atoms with E-state index in [1.54, 1.807) is 24.0 Å². The predicted molar refractivity (Wildman–Crippen MR) is 78.0 cm³/mol. The fraction of sp³-hybridized carbons (Fsp3) is 0.500. The number of sulfonamides is 1. The number of hydrogen-bond acceptors (Lipinski definition) is 3. The summed E-state index contributed by atoms with van der Waals surface area (Å²) in [5.74, 6) is -0.826. The Labute approximate surface area is 124 Å². The van der Waals surface area contributed by atoms with Crippen LogP contribution in [0.1, 0.15) is 28.8 Å². The van der Waals surface area contributed by atoms with Crippen molar-refractivity contribution in [3.8, 4) is 0 Å². The second kappa shape index (κ2) is 6.11. The Hall–Kier alpha value is -1.47. The molecule has 0 saturated carbocycles. The topological polar surface area (TPSA) is 66.5 Å². The average molecular weight is 314 g/mol. The fourth-order valence-corrected chi connectivity index (χ4v) is 3.33. The number of piperidine rings is 1. The van der Waals surface area contributed by atoms with Crippen molar-refractivity contribution in [3.05, 3.63) is 35.1 Å². The van der Waals surface area contributed by atoms with Crippen molar-refractivity contribution in [3.63, 3.8) is 0 Å². The summed E-state index contributed by atoms with van der Waals surface area (Å²) in [7, 11) is -3.24. The lowest BCUT2D eigenvalue weighted by Gasteiger charge is -2.32. The van der Waals surface area contributed by atoms with Gasteiger partial charge in [-0.1, -0.05) is 12.1 Å². The smallest absolute Gasteiger partial charge is 0.256 e. The van der Waals surface area contributed by atoms with Gasteiger partial charge < -0.3 is 4.90 Å². The maximum atomic E-state index is 14.0. The molecule has 1 amide bonds. The van der Waals surface area contributed by atoms with E-state index in [2.05, 4.69) is 4.72 Å². The molecule has 1 aromatic carbocycles. The molecule has 1 N–H and O–H groups in total. The number of halogens is 1. The first-order valence-corrected chi connectivity index (χ1v) is 8.69. The highest BCUT2D eigenvalue weighted by Crippen LogP contribution is 2.18. The first kappa shape index (κ1) is 15.9. The van der Waals surface area contributed by atoms with E-state index in [1.807, 2.05) is 0 Å². The molecule has 1 aromatic rings. The molecule has 0 aliphatic carbocycles. The highest BCUT2D eigenvalue weighted by molar-refractivity contribution is 7.88. The molecular weight excluding hydrogens is 295 g/mol. The maximum absolute atomic E-state index is 14.0. The molecule has 7 heteroatoms. The number of aryl methyl sites for hydroxylation is 1. The van der Waals surface area contributed by atoms with E-state index in [0.29, 0.717) is 31.5 Å². The molecule has 21 heavy (non-hydrogen) atoms. The summed E-state index contributed by atoms with van der Waals surface area (Å²) in [6, 6.07) is 4.59. The summed E-state index contributed by atoms with van der Waals surface area (Å²) < 4.78 is 38.9. The summed E-state index contributed by atoms with van der Waals surface area (Å²) in [4.78, 5) is 13.9. The monoisotopic (exact) mass is 314 g/mol. The lowest BCUT2D eigenvalue weighted by atomic mass is 10.0. The number of carbonyl (C=O) groups excluding carboxylic acids is 1. The van der Waals surface area contributed by atoms with Crippen molar-refractivity contribution >= 4 is 15.9 Å². The highest BCUT2D eigenvalue weighted by Gasteiger charge is 2.26. The van der Waals surface area contributed by atoms with Crippen molar-refractivity contribution in [1.29, 1.82) is 0 Å². The van der Waals surface area contributed by atoms with Crippen LogP contribution >= 0.6 is 0 Å². The van der Waals surface area contributed by atoms with Crippen LogP contribution in [-0.2, 0) is 10.0 Å². The fourth-order valence-electron chi connectivity index (χ4n) is 2.49. The van der Waals surface area contributed by atoms with Crippen LogP contribution in [0.4, 0.5) is 4.39 Å². The van der Waals surface area contributed by atoms with Gasteiger partial charge in [0.1, 0.15) is 5.82 Å². The molecule has 5 nitrogen and oxygen atoms in total. The lowest BCUT2D eigenvalue weighted by molar-refractivity contribution is 0.0706. The predicted octanol–water partition coefficient (Wildman–Crippen LogP) is 1.29. The molecule has 1 aliphatic rings. The largest absolute Gasteiger partial charge is 0.338 e. The molecule has 0 aromatic heterocycles. The van der Waals surface area contributed by atoms with E-state index in [0.717, 1.165) is 6.26 Å². The molecule has 1 heterocycles. The van der Waals surface area contributed by atoms with Crippen LogP contribution in [-0.4, -0.2) is 44.6 Å². The second-order valence-corrected chi connectivity index (χ2v) is 7.17. The van der Waals surface area contributed by atoms with Crippen LogP contribution in [0, 0.1) is 12.7 Å². The summed E-state index contributed by atoms with van der Waals surface area (Å²) in [6.45, 7) is 2.45. The van der Waals surface area contributed by atoms with Crippen LogP contribution in [0.2, 0.25) is 0 Å². The van der Waals surface area contributed by atoms with Gasteiger partial charge in [-0.3, -0.25) is 4.79 Å². The Morgan fingerprint density at radius 1 is 1.33 bits per heavy atom.